The fourth-order valence-electron chi connectivity index (χ4n) is 3.31. The maximum absolute atomic E-state index is 12.7. The molecule has 2 aromatic carbocycles. The summed E-state index contributed by atoms with van der Waals surface area (Å²) >= 11 is 5.94. The molecule has 1 amide bonds. The van der Waals surface area contributed by atoms with Crippen LogP contribution in [0.3, 0.4) is 0 Å². The predicted molar refractivity (Wildman–Crippen MR) is 116 cm³/mol. The van der Waals surface area contributed by atoms with E-state index in [1.165, 1.54) is 7.11 Å². The predicted octanol–water partition coefficient (Wildman–Crippen LogP) is 3.05. The number of esters is 1. The molecule has 4 rings (SSSR count). The van der Waals surface area contributed by atoms with Crippen molar-refractivity contribution < 1.29 is 23.6 Å². The molecule has 0 aliphatic carbocycles. The first kappa shape index (κ1) is 21.6. The summed E-state index contributed by atoms with van der Waals surface area (Å²) in [5.74, 6) is -0.0164. The number of anilines is 1. The van der Waals surface area contributed by atoms with Gasteiger partial charge in [0.1, 0.15) is 5.75 Å². The topological polar surface area (TPSA) is 98.0 Å². The van der Waals surface area contributed by atoms with Gasteiger partial charge >= 0.3 is 17.8 Å². The number of piperazine rings is 1. The average Bonchev–Trinajstić information content (AvgIpc) is 3.32. The number of halogens is 1. The molecular weight excluding hydrogens is 436 g/mol. The average molecular weight is 457 g/mol. The molecule has 1 aliphatic heterocycles. The third-order valence-electron chi connectivity index (χ3n) is 5.05. The highest BCUT2D eigenvalue weighted by Gasteiger charge is 2.26. The third kappa shape index (κ3) is 5.00. The lowest BCUT2D eigenvalue weighted by Crippen LogP contribution is -2.48. The number of carbonyl (C=O) groups is 2. The van der Waals surface area contributed by atoms with E-state index in [2.05, 4.69) is 19.8 Å². The molecule has 10 heteroatoms. The zero-order valence-corrected chi connectivity index (χ0v) is 18.1. The summed E-state index contributed by atoms with van der Waals surface area (Å²) in [7, 11) is 1.32. The summed E-state index contributed by atoms with van der Waals surface area (Å²) in [5, 5.41) is 4.51. The number of ether oxygens (including phenoxy) is 2. The minimum Gasteiger partial charge on any atom is -0.485 e. The van der Waals surface area contributed by atoms with E-state index in [9.17, 15) is 9.59 Å². The molecule has 9 nitrogen and oxygen atoms in total. The minimum atomic E-state index is -0.424. The molecule has 2 heterocycles. The van der Waals surface area contributed by atoms with Crippen molar-refractivity contribution in [1.82, 2.24) is 15.0 Å². The summed E-state index contributed by atoms with van der Waals surface area (Å²) in [5.41, 5.74) is 1.49. The van der Waals surface area contributed by atoms with Crippen LogP contribution in [0.25, 0.3) is 0 Å². The van der Waals surface area contributed by atoms with Gasteiger partial charge in [0.2, 0.25) is 5.82 Å². The SMILES string of the molecule is COC(=O)c1ccc(OCc2noc(C(=O)N3CCN(c4ccc(Cl)cc4)CC3)n2)cc1. The minimum absolute atomic E-state index is 0.0265. The third-order valence-corrected chi connectivity index (χ3v) is 5.31. The summed E-state index contributed by atoms with van der Waals surface area (Å²) < 4.78 is 15.4. The molecular formula is C22H21ClN4O5. The Labute approximate surface area is 189 Å². The highest BCUT2D eigenvalue weighted by molar-refractivity contribution is 6.30. The summed E-state index contributed by atoms with van der Waals surface area (Å²) in [6.07, 6.45) is 0. The second-order valence-corrected chi connectivity index (χ2v) is 7.51. The number of hydrogen-bond acceptors (Lipinski definition) is 8. The van der Waals surface area contributed by atoms with Crippen molar-refractivity contribution in [2.24, 2.45) is 0 Å². The monoisotopic (exact) mass is 456 g/mol. The molecule has 0 bridgehead atoms. The van der Waals surface area contributed by atoms with E-state index in [1.54, 1.807) is 29.2 Å². The van der Waals surface area contributed by atoms with Gasteiger partial charge in [0.25, 0.3) is 0 Å². The van der Waals surface area contributed by atoms with Gasteiger partial charge in [-0.1, -0.05) is 16.8 Å². The van der Waals surface area contributed by atoms with Crippen molar-refractivity contribution in [1.29, 1.82) is 0 Å². The van der Waals surface area contributed by atoms with Crippen LogP contribution in [0.4, 0.5) is 5.69 Å². The van der Waals surface area contributed by atoms with Gasteiger partial charge < -0.3 is 23.8 Å². The Hall–Kier alpha value is -3.59. The zero-order valence-electron chi connectivity index (χ0n) is 17.4. The summed E-state index contributed by atoms with van der Waals surface area (Å²) in [6, 6.07) is 14.1. The number of nitrogens with zero attached hydrogens (tertiary/aromatic N) is 4. The van der Waals surface area contributed by atoms with E-state index in [-0.39, 0.29) is 24.2 Å². The van der Waals surface area contributed by atoms with Crippen LogP contribution in [-0.2, 0) is 11.3 Å². The number of methoxy groups -OCH3 is 1. The summed E-state index contributed by atoms with van der Waals surface area (Å²) in [4.78, 5) is 32.2. The van der Waals surface area contributed by atoms with Crippen LogP contribution in [0.15, 0.2) is 53.1 Å². The van der Waals surface area contributed by atoms with E-state index in [0.717, 1.165) is 5.69 Å². The largest absolute Gasteiger partial charge is 0.485 e. The lowest BCUT2D eigenvalue weighted by atomic mass is 10.2. The molecule has 1 saturated heterocycles. The van der Waals surface area contributed by atoms with Gasteiger partial charge in [0, 0.05) is 36.9 Å². The highest BCUT2D eigenvalue weighted by Crippen LogP contribution is 2.20. The maximum Gasteiger partial charge on any atom is 0.337 e. The smallest absolute Gasteiger partial charge is 0.337 e. The van der Waals surface area contributed by atoms with Crippen LogP contribution in [0.1, 0.15) is 26.9 Å². The van der Waals surface area contributed by atoms with Crippen molar-refractivity contribution in [3.63, 3.8) is 0 Å². The molecule has 1 fully saturated rings. The zero-order chi connectivity index (χ0) is 22.5. The molecule has 0 unspecified atom stereocenters. The van der Waals surface area contributed by atoms with E-state index < -0.39 is 5.97 Å². The molecule has 0 N–H and O–H groups in total. The van der Waals surface area contributed by atoms with Crippen LogP contribution in [0, 0.1) is 0 Å². The van der Waals surface area contributed by atoms with Crippen molar-refractivity contribution in [2.75, 3.05) is 38.2 Å². The molecule has 0 atom stereocenters. The number of amides is 1. The molecule has 1 aliphatic rings. The van der Waals surface area contributed by atoms with Gasteiger partial charge in [-0.15, -0.1) is 0 Å². The quantitative estimate of drug-likeness (QED) is 0.522. The first-order chi connectivity index (χ1) is 15.5. The van der Waals surface area contributed by atoms with Gasteiger partial charge in [0.15, 0.2) is 6.61 Å². The van der Waals surface area contributed by atoms with Gasteiger partial charge in [-0.25, -0.2) is 4.79 Å². The van der Waals surface area contributed by atoms with E-state index in [1.807, 2.05) is 24.3 Å². The second kappa shape index (κ2) is 9.69. The molecule has 0 saturated carbocycles. The lowest BCUT2D eigenvalue weighted by molar-refractivity contribution is 0.0600. The molecule has 0 spiro atoms. The molecule has 0 radical (unpaired) electrons. The molecule has 3 aromatic rings. The number of benzene rings is 2. The Morgan fingerprint density at radius 3 is 2.38 bits per heavy atom. The van der Waals surface area contributed by atoms with E-state index in [0.29, 0.717) is 42.5 Å². The Morgan fingerprint density at radius 2 is 1.72 bits per heavy atom. The number of hydrogen-bond donors (Lipinski definition) is 0. The van der Waals surface area contributed by atoms with Crippen molar-refractivity contribution >= 4 is 29.2 Å². The molecule has 1 aromatic heterocycles. The van der Waals surface area contributed by atoms with Crippen LogP contribution < -0.4 is 9.64 Å². The van der Waals surface area contributed by atoms with Crippen LogP contribution in [0.2, 0.25) is 5.02 Å². The normalized spacial score (nSPS) is 13.7. The van der Waals surface area contributed by atoms with Gasteiger partial charge in [0.05, 0.1) is 12.7 Å². The number of rotatable bonds is 6. The molecule has 166 valence electrons. The fraction of sp³-hybridized carbons (Fsp3) is 0.273. The summed E-state index contributed by atoms with van der Waals surface area (Å²) in [6.45, 7) is 2.50. The van der Waals surface area contributed by atoms with Crippen molar-refractivity contribution in [3.8, 4) is 5.75 Å². The molecule has 32 heavy (non-hydrogen) atoms. The Morgan fingerprint density at radius 1 is 1.03 bits per heavy atom. The van der Waals surface area contributed by atoms with Crippen molar-refractivity contribution in [2.45, 2.75) is 6.61 Å². The van der Waals surface area contributed by atoms with E-state index >= 15 is 0 Å². The first-order valence-electron chi connectivity index (χ1n) is 9.97. The van der Waals surface area contributed by atoms with Gasteiger partial charge in [-0.3, -0.25) is 4.79 Å². The number of aromatic nitrogens is 2. The van der Waals surface area contributed by atoms with Gasteiger partial charge in [-0.2, -0.15) is 4.98 Å². The van der Waals surface area contributed by atoms with Crippen LogP contribution in [-0.4, -0.2) is 60.2 Å². The standard InChI is InChI=1S/C22H21ClN4O5/c1-30-22(29)15-2-8-18(9-3-15)31-14-19-24-20(32-25-19)21(28)27-12-10-26(11-13-27)17-6-4-16(23)5-7-17/h2-9H,10-14H2,1H3. The van der Waals surface area contributed by atoms with Crippen molar-refractivity contribution in [3.05, 3.63) is 70.8 Å². The van der Waals surface area contributed by atoms with Crippen LogP contribution in [0.5, 0.6) is 5.75 Å². The number of carbonyl (C=O) groups excluding carboxylic acids is 2. The first-order valence-corrected chi connectivity index (χ1v) is 10.3. The van der Waals surface area contributed by atoms with E-state index in [4.69, 9.17) is 20.9 Å². The highest BCUT2D eigenvalue weighted by atomic mass is 35.5. The maximum atomic E-state index is 12.7. The second-order valence-electron chi connectivity index (χ2n) is 7.08. The van der Waals surface area contributed by atoms with Crippen LogP contribution >= 0.6 is 11.6 Å². The Kier molecular flexibility index (Phi) is 6.55. The lowest BCUT2D eigenvalue weighted by Gasteiger charge is -2.35. The Balaban J connectivity index is 1.29. The Bertz CT molecular complexity index is 1080. The van der Waals surface area contributed by atoms with Gasteiger partial charge in [-0.05, 0) is 48.5 Å². The fourth-order valence-corrected chi connectivity index (χ4v) is 3.43.